The van der Waals surface area contributed by atoms with Crippen molar-refractivity contribution in [2.75, 3.05) is 13.1 Å². The largest absolute Gasteiger partial charge is 0.481 e. The molecule has 0 radical (unpaired) electrons. The maximum Gasteiger partial charge on any atom is 0.308 e. The Hall–Kier alpha value is -2.01. The highest BCUT2D eigenvalue weighted by Gasteiger charge is 2.30. The Labute approximate surface area is 126 Å². The molecule has 6 heteroatoms. The molecule has 1 atom stereocenters. The molecule has 3 rings (SSSR count). The van der Waals surface area contributed by atoms with Crippen LogP contribution in [0.4, 0.5) is 0 Å². The number of rotatable bonds is 3. The van der Waals surface area contributed by atoms with Crippen molar-refractivity contribution in [1.82, 2.24) is 9.88 Å². The summed E-state index contributed by atoms with van der Waals surface area (Å²) >= 11 is 5.99. The van der Waals surface area contributed by atoms with Crippen LogP contribution in [0.1, 0.15) is 12.0 Å². The third-order valence-electron chi connectivity index (χ3n) is 3.96. The summed E-state index contributed by atoms with van der Waals surface area (Å²) < 4.78 is 0. The summed E-state index contributed by atoms with van der Waals surface area (Å²) in [5, 5.41) is 10.5. The van der Waals surface area contributed by atoms with Crippen LogP contribution in [0.25, 0.3) is 10.9 Å². The van der Waals surface area contributed by atoms with Crippen LogP contribution in [0.5, 0.6) is 0 Å². The van der Waals surface area contributed by atoms with Crippen molar-refractivity contribution in [1.29, 1.82) is 0 Å². The van der Waals surface area contributed by atoms with Crippen LogP contribution in [-0.4, -0.2) is 40.0 Å². The lowest BCUT2D eigenvalue weighted by atomic mass is 10.1. The third kappa shape index (κ3) is 2.74. The first-order chi connectivity index (χ1) is 10.0. The standard InChI is InChI=1S/C15H15ClN2O3/c16-11-1-2-13-12(6-11)10(7-17-13)5-14(19)18-4-3-9(8-18)15(20)21/h1-2,6-7,9,17H,3-5,8H2,(H,20,21). The lowest BCUT2D eigenvalue weighted by Crippen LogP contribution is -2.31. The number of carbonyl (C=O) groups is 2. The summed E-state index contributed by atoms with van der Waals surface area (Å²) in [6, 6.07) is 5.51. The van der Waals surface area contributed by atoms with Crippen molar-refractivity contribution >= 4 is 34.4 Å². The molecule has 110 valence electrons. The molecule has 1 aromatic heterocycles. The molecule has 1 aromatic carbocycles. The summed E-state index contributed by atoms with van der Waals surface area (Å²) in [5.41, 5.74) is 1.82. The fourth-order valence-corrected chi connectivity index (χ4v) is 2.93. The number of aromatic amines is 1. The number of nitrogens with zero attached hydrogens (tertiary/aromatic N) is 1. The van der Waals surface area contributed by atoms with Gasteiger partial charge in [0.25, 0.3) is 0 Å². The molecule has 1 amide bonds. The summed E-state index contributed by atoms with van der Waals surface area (Å²) in [6.07, 6.45) is 2.59. The predicted molar refractivity (Wildman–Crippen MR) is 79.3 cm³/mol. The highest BCUT2D eigenvalue weighted by atomic mass is 35.5. The third-order valence-corrected chi connectivity index (χ3v) is 4.20. The molecule has 1 fully saturated rings. The number of amides is 1. The topological polar surface area (TPSA) is 73.4 Å². The number of H-pyrrole nitrogens is 1. The van der Waals surface area contributed by atoms with Gasteiger partial charge < -0.3 is 15.0 Å². The second-order valence-corrected chi connectivity index (χ2v) is 5.78. The number of carbonyl (C=O) groups excluding carboxylic acids is 1. The van der Waals surface area contributed by atoms with Crippen LogP contribution in [0, 0.1) is 5.92 Å². The van der Waals surface area contributed by atoms with Gasteiger partial charge in [-0.3, -0.25) is 9.59 Å². The number of aliphatic carboxylic acids is 1. The van der Waals surface area contributed by atoms with E-state index < -0.39 is 11.9 Å². The van der Waals surface area contributed by atoms with E-state index in [2.05, 4.69) is 4.98 Å². The van der Waals surface area contributed by atoms with Crippen molar-refractivity contribution in [3.05, 3.63) is 35.0 Å². The van der Waals surface area contributed by atoms with Gasteiger partial charge in [-0.05, 0) is 30.2 Å². The van der Waals surface area contributed by atoms with E-state index in [1.165, 1.54) is 0 Å². The van der Waals surface area contributed by atoms with Gasteiger partial charge in [0.1, 0.15) is 0 Å². The molecule has 1 aliphatic heterocycles. The summed E-state index contributed by atoms with van der Waals surface area (Å²) in [5.74, 6) is -1.31. The number of fused-ring (bicyclic) bond motifs is 1. The zero-order valence-corrected chi connectivity index (χ0v) is 12.1. The number of hydrogen-bond acceptors (Lipinski definition) is 2. The van der Waals surface area contributed by atoms with Gasteiger partial charge in [0, 0.05) is 35.2 Å². The normalized spacial score (nSPS) is 18.3. The Kier molecular flexibility index (Phi) is 3.59. The second-order valence-electron chi connectivity index (χ2n) is 5.34. The van der Waals surface area contributed by atoms with Crippen LogP contribution >= 0.6 is 11.6 Å². The Balaban J connectivity index is 1.75. The Morgan fingerprint density at radius 3 is 2.95 bits per heavy atom. The van der Waals surface area contributed by atoms with Crippen LogP contribution < -0.4 is 0 Å². The van der Waals surface area contributed by atoms with E-state index in [-0.39, 0.29) is 12.3 Å². The van der Waals surface area contributed by atoms with Crippen LogP contribution in [0.2, 0.25) is 5.02 Å². The fourth-order valence-electron chi connectivity index (χ4n) is 2.76. The molecule has 0 aliphatic carbocycles. The fraction of sp³-hybridized carbons (Fsp3) is 0.333. The van der Waals surface area contributed by atoms with Crippen molar-refractivity contribution in [3.63, 3.8) is 0 Å². The zero-order valence-electron chi connectivity index (χ0n) is 11.3. The van der Waals surface area contributed by atoms with Gasteiger partial charge >= 0.3 is 5.97 Å². The molecular weight excluding hydrogens is 292 g/mol. The maximum absolute atomic E-state index is 12.3. The van der Waals surface area contributed by atoms with Gasteiger partial charge in [-0.1, -0.05) is 11.6 Å². The number of halogens is 1. The lowest BCUT2D eigenvalue weighted by molar-refractivity contribution is -0.141. The summed E-state index contributed by atoms with van der Waals surface area (Å²) in [7, 11) is 0. The van der Waals surface area contributed by atoms with E-state index in [0.29, 0.717) is 24.5 Å². The summed E-state index contributed by atoms with van der Waals surface area (Å²) in [6.45, 7) is 0.816. The number of likely N-dealkylation sites (tertiary alicyclic amines) is 1. The molecule has 0 spiro atoms. The number of aromatic nitrogens is 1. The van der Waals surface area contributed by atoms with Crippen molar-refractivity contribution in [3.8, 4) is 0 Å². The molecule has 5 nitrogen and oxygen atoms in total. The minimum atomic E-state index is -0.829. The first-order valence-electron chi connectivity index (χ1n) is 6.80. The van der Waals surface area contributed by atoms with E-state index in [1.807, 2.05) is 18.3 Å². The van der Waals surface area contributed by atoms with Gasteiger partial charge in [0.15, 0.2) is 0 Å². The zero-order chi connectivity index (χ0) is 15.0. The molecule has 21 heavy (non-hydrogen) atoms. The lowest BCUT2D eigenvalue weighted by Gasteiger charge is -2.15. The van der Waals surface area contributed by atoms with E-state index >= 15 is 0 Å². The minimum Gasteiger partial charge on any atom is -0.481 e. The van der Waals surface area contributed by atoms with Crippen LogP contribution in [-0.2, 0) is 16.0 Å². The Morgan fingerprint density at radius 2 is 2.24 bits per heavy atom. The van der Waals surface area contributed by atoms with E-state index in [4.69, 9.17) is 16.7 Å². The van der Waals surface area contributed by atoms with Gasteiger partial charge in [-0.15, -0.1) is 0 Å². The molecule has 0 saturated carbocycles. The van der Waals surface area contributed by atoms with Gasteiger partial charge in [-0.2, -0.15) is 0 Å². The molecule has 1 unspecified atom stereocenters. The first kappa shape index (κ1) is 13.9. The predicted octanol–water partition coefficient (Wildman–Crippen LogP) is 2.30. The molecule has 2 aromatic rings. The van der Waals surface area contributed by atoms with Crippen LogP contribution in [0.3, 0.4) is 0 Å². The molecule has 1 saturated heterocycles. The number of hydrogen-bond donors (Lipinski definition) is 2. The van der Waals surface area contributed by atoms with E-state index in [9.17, 15) is 9.59 Å². The minimum absolute atomic E-state index is 0.0420. The average molecular weight is 307 g/mol. The SMILES string of the molecule is O=C(O)C1CCN(C(=O)Cc2c[nH]c3ccc(Cl)cc23)C1. The Morgan fingerprint density at radius 1 is 1.43 bits per heavy atom. The molecule has 2 heterocycles. The van der Waals surface area contributed by atoms with Crippen molar-refractivity contribution in [2.24, 2.45) is 5.92 Å². The second kappa shape index (κ2) is 5.41. The molecule has 2 N–H and O–H groups in total. The highest BCUT2D eigenvalue weighted by Crippen LogP contribution is 2.24. The maximum atomic E-state index is 12.3. The van der Waals surface area contributed by atoms with Gasteiger partial charge in [0.05, 0.1) is 12.3 Å². The van der Waals surface area contributed by atoms with Gasteiger partial charge in [0.2, 0.25) is 5.91 Å². The number of nitrogens with one attached hydrogen (secondary N) is 1. The monoisotopic (exact) mass is 306 g/mol. The van der Waals surface area contributed by atoms with Gasteiger partial charge in [-0.25, -0.2) is 0 Å². The van der Waals surface area contributed by atoms with Crippen molar-refractivity contribution in [2.45, 2.75) is 12.8 Å². The average Bonchev–Trinajstić information content (AvgIpc) is 3.06. The summed E-state index contributed by atoms with van der Waals surface area (Å²) in [4.78, 5) is 28.0. The molecular formula is C15H15ClN2O3. The first-order valence-corrected chi connectivity index (χ1v) is 7.18. The number of carboxylic acids is 1. The smallest absolute Gasteiger partial charge is 0.308 e. The quantitative estimate of drug-likeness (QED) is 0.914. The number of carboxylic acid groups (broad SMARTS) is 1. The number of benzene rings is 1. The van der Waals surface area contributed by atoms with Crippen molar-refractivity contribution < 1.29 is 14.7 Å². The van der Waals surface area contributed by atoms with Crippen LogP contribution in [0.15, 0.2) is 24.4 Å². The molecule has 0 bridgehead atoms. The van der Waals surface area contributed by atoms with E-state index in [0.717, 1.165) is 16.5 Å². The highest BCUT2D eigenvalue weighted by molar-refractivity contribution is 6.31. The Bertz CT molecular complexity index is 710. The van der Waals surface area contributed by atoms with E-state index in [1.54, 1.807) is 11.0 Å². The molecule has 1 aliphatic rings.